The van der Waals surface area contributed by atoms with Gasteiger partial charge in [0.15, 0.2) is 5.82 Å². The molecule has 1 aromatic rings. The number of nitrogens with zero attached hydrogens (tertiary/aromatic N) is 1. The van der Waals surface area contributed by atoms with Crippen molar-refractivity contribution < 1.29 is 8.42 Å². The number of hydrogen-bond acceptors (Lipinski definition) is 5. The summed E-state index contributed by atoms with van der Waals surface area (Å²) in [5.41, 5.74) is 2.34. The molecule has 1 aliphatic rings. The highest BCUT2D eigenvalue weighted by molar-refractivity contribution is 9.10. The van der Waals surface area contributed by atoms with Crippen LogP contribution >= 0.6 is 15.9 Å². The van der Waals surface area contributed by atoms with Crippen molar-refractivity contribution in [3.8, 4) is 0 Å². The molecule has 0 amide bonds. The van der Waals surface area contributed by atoms with Crippen LogP contribution in [0.15, 0.2) is 21.6 Å². The van der Waals surface area contributed by atoms with E-state index in [4.69, 9.17) is 5.84 Å². The maximum atomic E-state index is 12.6. The number of sulfonamides is 1. The first kappa shape index (κ1) is 16.7. The predicted octanol–water partition coefficient (Wildman–Crippen LogP) is 2.52. The van der Waals surface area contributed by atoms with Crippen molar-refractivity contribution in [3.63, 3.8) is 0 Å². The summed E-state index contributed by atoms with van der Waals surface area (Å²) in [5.74, 6) is 5.51. The van der Waals surface area contributed by atoms with Gasteiger partial charge in [-0.2, -0.15) is 0 Å². The molecule has 0 bridgehead atoms. The number of aromatic nitrogens is 1. The molecule has 21 heavy (non-hydrogen) atoms. The molecule has 0 radical (unpaired) electrons. The Labute approximate surface area is 134 Å². The molecule has 1 saturated carbocycles. The smallest absolute Gasteiger partial charge is 0.244 e. The van der Waals surface area contributed by atoms with Gasteiger partial charge < -0.3 is 5.43 Å². The molecule has 1 fully saturated rings. The van der Waals surface area contributed by atoms with Crippen LogP contribution in [0.3, 0.4) is 0 Å². The van der Waals surface area contributed by atoms with Gasteiger partial charge in [-0.3, -0.25) is 0 Å². The number of hydrazine groups is 1. The highest BCUT2D eigenvalue weighted by Gasteiger charge is 2.24. The Morgan fingerprint density at radius 2 is 1.81 bits per heavy atom. The van der Waals surface area contributed by atoms with Crippen molar-refractivity contribution in [1.82, 2.24) is 9.71 Å². The van der Waals surface area contributed by atoms with Crippen LogP contribution in [0.25, 0.3) is 0 Å². The number of anilines is 1. The van der Waals surface area contributed by atoms with E-state index in [0.29, 0.717) is 4.47 Å². The standard InChI is InChI=1S/C13H21BrN4O2S/c14-10-8-12(13(17-15)16-9-10)21(19,20)18-11-6-4-2-1-3-5-7-11/h8-9,11,18H,1-7,15H2,(H,16,17). The Balaban J connectivity index is 2.19. The number of rotatable bonds is 4. The van der Waals surface area contributed by atoms with Gasteiger partial charge in [-0.15, -0.1) is 0 Å². The van der Waals surface area contributed by atoms with Crippen molar-refractivity contribution >= 4 is 31.8 Å². The Bertz CT molecular complexity index is 572. The van der Waals surface area contributed by atoms with Crippen LogP contribution < -0.4 is 16.0 Å². The molecule has 0 atom stereocenters. The average Bonchev–Trinajstić information content (AvgIpc) is 2.41. The van der Waals surface area contributed by atoms with Gasteiger partial charge in [0.2, 0.25) is 10.0 Å². The predicted molar refractivity (Wildman–Crippen MR) is 86.2 cm³/mol. The van der Waals surface area contributed by atoms with Crippen LogP contribution in [0.2, 0.25) is 0 Å². The third-order valence-electron chi connectivity index (χ3n) is 3.67. The van der Waals surface area contributed by atoms with Crippen LogP contribution in [0.5, 0.6) is 0 Å². The fourth-order valence-corrected chi connectivity index (χ4v) is 4.52. The zero-order valence-electron chi connectivity index (χ0n) is 11.8. The molecule has 0 saturated heterocycles. The topological polar surface area (TPSA) is 97.1 Å². The molecule has 0 spiro atoms. The molecular weight excluding hydrogens is 356 g/mol. The zero-order valence-corrected chi connectivity index (χ0v) is 14.2. The fourth-order valence-electron chi connectivity index (χ4n) is 2.59. The van der Waals surface area contributed by atoms with E-state index in [9.17, 15) is 8.42 Å². The number of nitrogens with one attached hydrogen (secondary N) is 2. The van der Waals surface area contributed by atoms with Gasteiger partial charge >= 0.3 is 0 Å². The molecular formula is C13H21BrN4O2S. The van der Waals surface area contributed by atoms with Crippen molar-refractivity contribution in [2.24, 2.45) is 5.84 Å². The lowest BCUT2D eigenvalue weighted by Gasteiger charge is -2.21. The molecule has 1 heterocycles. The van der Waals surface area contributed by atoms with Crippen molar-refractivity contribution in [1.29, 1.82) is 0 Å². The van der Waals surface area contributed by atoms with E-state index < -0.39 is 10.0 Å². The van der Waals surface area contributed by atoms with Crippen molar-refractivity contribution in [2.45, 2.75) is 55.9 Å². The van der Waals surface area contributed by atoms with Crippen molar-refractivity contribution in [2.75, 3.05) is 5.43 Å². The lowest BCUT2D eigenvalue weighted by molar-refractivity contribution is 0.426. The summed E-state index contributed by atoms with van der Waals surface area (Å²) >= 11 is 3.24. The summed E-state index contributed by atoms with van der Waals surface area (Å²) in [5, 5.41) is 0. The molecule has 0 aliphatic heterocycles. The van der Waals surface area contributed by atoms with Crippen LogP contribution in [0.4, 0.5) is 5.82 Å². The number of halogens is 1. The molecule has 1 aliphatic carbocycles. The maximum Gasteiger partial charge on any atom is 0.244 e. The highest BCUT2D eigenvalue weighted by atomic mass is 79.9. The molecule has 0 aromatic carbocycles. The maximum absolute atomic E-state index is 12.6. The van der Waals surface area contributed by atoms with Crippen LogP contribution in [0.1, 0.15) is 44.9 Å². The Morgan fingerprint density at radius 1 is 1.19 bits per heavy atom. The molecule has 0 unspecified atom stereocenters. The van der Waals surface area contributed by atoms with E-state index >= 15 is 0 Å². The van der Waals surface area contributed by atoms with Crippen LogP contribution in [0, 0.1) is 0 Å². The van der Waals surface area contributed by atoms with Gasteiger partial charge in [-0.05, 0) is 34.8 Å². The van der Waals surface area contributed by atoms with Crippen LogP contribution in [-0.4, -0.2) is 19.4 Å². The van der Waals surface area contributed by atoms with E-state index in [1.807, 2.05) is 0 Å². The summed E-state index contributed by atoms with van der Waals surface area (Å²) in [4.78, 5) is 4.06. The Morgan fingerprint density at radius 3 is 2.43 bits per heavy atom. The monoisotopic (exact) mass is 376 g/mol. The summed E-state index contributed by atoms with van der Waals surface area (Å²) in [6, 6.07) is 1.49. The molecule has 118 valence electrons. The first-order valence-corrected chi connectivity index (χ1v) is 9.45. The fraction of sp³-hybridized carbons (Fsp3) is 0.615. The number of nitrogens with two attached hydrogens (primary N) is 1. The second-order valence-corrected chi connectivity index (χ2v) is 7.91. The van der Waals surface area contributed by atoms with Gasteiger partial charge in [0.25, 0.3) is 0 Å². The Kier molecular flexibility index (Phi) is 5.98. The van der Waals surface area contributed by atoms with Gasteiger partial charge in [-0.1, -0.05) is 32.1 Å². The third kappa shape index (κ3) is 4.64. The minimum absolute atomic E-state index is 0.0140. The first-order valence-electron chi connectivity index (χ1n) is 7.17. The number of nitrogen functional groups attached to an aromatic ring is 1. The summed E-state index contributed by atoms with van der Waals surface area (Å²) < 4.78 is 28.5. The minimum Gasteiger partial charge on any atom is -0.307 e. The Hall–Kier alpha value is -0.700. The quantitative estimate of drug-likeness (QED) is 0.553. The van der Waals surface area contributed by atoms with Crippen molar-refractivity contribution in [3.05, 3.63) is 16.7 Å². The minimum atomic E-state index is -3.64. The lowest BCUT2D eigenvalue weighted by atomic mass is 9.97. The third-order valence-corrected chi connectivity index (χ3v) is 5.64. The molecule has 2 rings (SSSR count). The summed E-state index contributed by atoms with van der Waals surface area (Å²) in [6.07, 6.45) is 8.98. The van der Waals surface area contributed by atoms with E-state index in [1.54, 1.807) is 0 Å². The zero-order chi connectivity index (χ0) is 15.3. The van der Waals surface area contributed by atoms with E-state index in [1.165, 1.54) is 31.5 Å². The van der Waals surface area contributed by atoms with Gasteiger partial charge in [0.1, 0.15) is 4.90 Å². The second-order valence-electron chi connectivity index (χ2n) is 5.31. The number of pyridine rings is 1. The van der Waals surface area contributed by atoms with Gasteiger partial charge in [-0.25, -0.2) is 24.0 Å². The largest absolute Gasteiger partial charge is 0.307 e. The van der Waals surface area contributed by atoms with Crippen LogP contribution in [-0.2, 0) is 10.0 Å². The molecule has 8 heteroatoms. The van der Waals surface area contributed by atoms with Gasteiger partial charge in [0, 0.05) is 16.7 Å². The molecule has 4 N–H and O–H groups in total. The van der Waals surface area contributed by atoms with Gasteiger partial charge in [0.05, 0.1) is 0 Å². The average molecular weight is 377 g/mol. The molecule has 1 aromatic heterocycles. The molecule has 6 nitrogen and oxygen atoms in total. The normalized spacial score (nSPS) is 18.0. The second kappa shape index (κ2) is 7.53. The summed E-state index contributed by atoms with van der Waals surface area (Å²) in [7, 11) is -3.64. The first-order chi connectivity index (χ1) is 10.0. The summed E-state index contributed by atoms with van der Waals surface area (Å²) in [6.45, 7) is 0. The highest BCUT2D eigenvalue weighted by Crippen LogP contribution is 2.24. The van der Waals surface area contributed by atoms with E-state index in [2.05, 4.69) is 31.1 Å². The lowest BCUT2D eigenvalue weighted by Crippen LogP contribution is -2.36. The number of hydrogen-bond donors (Lipinski definition) is 3. The SMILES string of the molecule is NNc1ncc(Br)cc1S(=O)(=O)NC1CCCCCCC1. The van der Waals surface area contributed by atoms with E-state index in [-0.39, 0.29) is 16.8 Å². The van der Waals surface area contributed by atoms with E-state index in [0.717, 1.165) is 25.7 Å².